The minimum absolute atomic E-state index is 0.176. The average Bonchev–Trinajstić information content (AvgIpc) is 2.76. The standard InChI is InChI=1S/C15H21N3S/c1-10-9-11(15(2,3)4)5-6-12(10)14-18-17-13(19-14)7-8-16/h5-6,9H,7-8,16H2,1-4H3. The molecule has 0 aliphatic heterocycles. The SMILES string of the molecule is Cc1cc(C(C)(C)C)ccc1-c1nnc(CCN)s1. The first kappa shape index (κ1) is 14.2. The lowest BCUT2D eigenvalue weighted by molar-refractivity contribution is 0.590. The summed E-state index contributed by atoms with van der Waals surface area (Å²) < 4.78 is 0. The molecule has 102 valence electrons. The molecule has 19 heavy (non-hydrogen) atoms. The molecule has 1 aromatic heterocycles. The molecule has 0 radical (unpaired) electrons. The Labute approximate surface area is 118 Å². The largest absolute Gasteiger partial charge is 0.330 e. The molecule has 3 nitrogen and oxygen atoms in total. The van der Waals surface area contributed by atoms with Gasteiger partial charge < -0.3 is 5.73 Å². The topological polar surface area (TPSA) is 51.8 Å². The van der Waals surface area contributed by atoms with Crippen LogP contribution in [-0.4, -0.2) is 16.7 Å². The van der Waals surface area contributed by atoms with Gasteiger partial charge in [0.25, 0.3) is 0 Å². The summed E-state index contributed by atoms with van der Waals surface area (Å²) in [5.41, 5.74) is 9.50. The normalized spacial score (nSPS) is 11.8. The van der Waals surface area contributed by atoms with Gasteiger partial charge in [-0.25, -0.2) is 0 Å². The Balaban J connectivity index is 2.35. The van der Waals surface area contributed by atoms with Crippen LogP contribution in [0.1, 0.15) is 36.9 Å². The molecule has 0 saturated carbocycles. The van der Waals surface area contributed by atoms with Crippen LogP contribution in [0.5, 0.6) is 0 Å². The molecule has 0 unspecified atom stereocenters. The molecule has 0 aliphatic carbocycles. The Kier molecular flexibility index (Phi) is 4.02. The summed E-state index contributed by atoms with van der Waals surface area (Å²) in [6.45, 7) is 9.44. The molecule has 2 rings (SSSR count). The average molecular weight is 275 g/mol. The third-order valence-electron chi connectivity index (χ3n) is 3.15. The molecule has 0 atom stereocenters. The molecule has 2 aromatic rings. The van der Waals surface area contributed by atoms with E-state index in [9.17, 15) is 0 Å². The summed E-state index contributed by atoms with van der Waals surface area (Å²) in [4.78, 5) is 0. The van der Waals surface area contributed by atoms with Gasteiger partial charge in [-0.3, -0.25) is 0 Å². The molecule has 1 aromatic carbocycles. The highest BCUT2D eigenvalue weighted by Crippen LogP contribution is 2.30. The first-order valence-electron chi connectivity index (χ1n) is 6.56. The van der Waals surface area contributed by atoms with Gasteiger partial charge in [0, 0.05) is 12.0 Å². The first-order chi connectivity index (χ1) is 8.91. The fourth-order valence-corrected chi connectivity index (χ4v) is 2.90. The van der Waals surface area contributed by atoms with Gasteiger partial charge in [0.2, 0.25) is 0 Å². The highest BCUT2D eigenvalue weighted by Gasteiger charge is 2.16. The monoisotopic (exact) mass is 275 g/mol. The van der Waals surface area contributed by atoms with Crippen LogP contribution in [0.15, 0.2) is 18.2 Å². The molecular formula is C15H21N3S. The number of aromatic nitrogens is 2. The zero-order valence-corrected chi connectivity index (χ0v) is 12.8. The molecular weight excluding hydrogens is 254 g/mol. The van der Waals surface area contributed by atoms with Crippen molar-refractivity contribution in [1.29, 1.82) is 0 Å². The second-order valence-electron chi connectivity index (χ2n) is 5.82. The molecule has 0 aliphatic rings. The number of aryl methyl sites for hydroxylation is 1. The van der Waals surface area contributed by atoms with E-state index >= 15 is 0 Å². The van der Waals surface area contributed by atoms with Crippen LogP contribution in [0.3, 0.4) is 0 Å². The maximum Gasteiger partial charge on any atom is 0.148 e. The minimum Gasteiger partial charge on any atom is -0.330 e. The van der Waals surface area contributed by atoms with E-state index in [-0.39, 0.29) is 5.41 Å². The molecule has 0 amide bonds. The van der Waals surface area contributed by atoms with Crippen LogP contribution in [0.4, 0.5) is 0 Å². The molecule has 0 saturated heterocycles. The Hall–Kier alpha value is -1.26. The molecule has 0 bridgehead atoms. The van der Waals surface area contributed by atoms with Crippen molar-refractivity contribution in [2.24, 2.45) is 5.73 Å². The van der Waals surface area contributed by atoms with Crippen molar-refractivity contribution in [3.8, 4) is 10.6 Å². The van der Waals surface area contributed by atoms with E-state index in [1.54, 1.807) is 11.3 Å². The number of hydrogen-bond donors (Lipinski definition) is 1. The predicted octanol–water partition coefficient (Wildman–Crippen LogP) is 3.31. The maximum absolute atomic E-state index is 5.54. The summed E-state index contributed by atoms with van der Waals surface area (Å²) in [5.74, 6) is 0. The fraction of sp³-hybridized carbons (Fsp3) is 0.467. The van der Waals surface area contributed by atoms with Crippen molar-refractivity contribution >= 4 is 11.3 Å². The summed E-state index contributed by atoms with van der Waals surface area (Å²) in [7, 11) is 0. The van der Waals surface area contributed by atoms with Gasteiger partial charge in [0.1, 0.15) is 10.0 Å². The highest BCUT2D eigenvalue weighted by molar-refractivity contribution is 7.14. The quantitative estimate of drug-likeness (QED) is 0.935. The lowest BCUT2D eigenvalue weighted by Gasteiger charge is -2.20. The third kappa shape index (κ3) is 3.19. The third-order valence-corrected chi connectivity index (χ3v) is 4.16. The fourth-order valence-electron chi connectivity index (χ4n) is 1.96. The number of rotatable bonds is 3. The van der Waals surface area contributed by atoms with Crippen molar-refractivity contribution in [3.05, 3.63) is 34.3 Å². The minimum atomic E-state index is 0.176. The van der Waals surface area contributed by atoms with E-state index in [0.717, 1.165) is 16.4 Å². The van der Waals surface area contributed by atoms with Crippen molar-refractivity contribution in [3.63, 3.8) is 0 Å². The molecule has 2 N–H and O–H groups in total. The number of nitrogens with two attached hydrogens (primary N) is 1. The van der Waals surface area contributed by atoms with Gasteiger partial charge in [0.05, 0.1) is 0 Å². The molecule has 1 heterocycles. The Morgan fingerprint density at radius 1 is 1.21 bits per heavy atom. The van der Waals surface area contributed by atoms with Crippen LogP contribution >= 0.6 is 11.3 Å². The van der Waals surface area contributed by atoms with E-state index in [1.807, 2.05) is 0 Å². The van der Waals surface area contributed by atoms with Crippen molar-refractivity contribution in [1.82, 2.24) is 10.2 Å². The summed E-state index contributed by atoms with van der Waals surface area (Å²) in [5, 5.41) is 10.5. The molecule has 4 heteroatoms. The zero-order valence-electron chi connectivity index (χ0n) is 12.0. The van der Waals surface area contributed by atoms with Gasteiger partial charge in [-0.15, -0.1) is 10.2 Å². The zero-order chi connectivity index (χ0) is 14.0. The van der Waals surface area contributed by atoms with Crippen LogP contribution in [-0.2, 0) is 11.8 Å². The Morgan fingerprint density at radius 2 is 1.95 bits per heavy atom. The van der Waals surface area contributed by atoms with Crippen molar-refractivity contribution in [2.75, 3.05) is 6.54 Å². The summed E-state index contributed by atoms with van der Waals surface area (Å²) in [6, 6.07) is 6.59. The number of nitrogens with zero attached hydrogens (tertiary/aromatic N) is 2. The lowest BCUT2D eigenvalue weighted by Crippen LogP contribution is -2.11. The molecule has 0 spiro atoms. The molecule has 0 fully saturated rings. The van der Waals surface area contributed by atoms with E-state index < -0.39 is 0 Å². The second-order valence-corrected chi connectivity index (χ2v) is 6.88. The second kappa shape index (κ2) is 5.39. The van der Waals surface area contributed by atoms with Crippen molar-refractivity contribution in [2.45, 2.75) is 39.5 Å². The van der Waals surface area contributed by atoms with E-state index in [2.05, 4.69) is 56.1 Å². The highest BCUT2D eigenvalue weighted by atomic mass is 32.1. The predicted molar refractivity (Wildman–Crippen MR) is 81.5 cm³/mol. The van der Waals surface area contributed by atoms with Gasteiger partial charge in [-0.05, 0) is 30.0 Å². The van der Waals surface area contributed by atoms with E-state index in [1.165, 1.54) is 16.7 Å². The van der Waals surface area contributed by atoms with Gasteiger partial charge in [-0.2, -0.15) is 0 Å². The first-order valence-corrected chi connectivity index (χ1v) is 7.37. The van der Waals surface area contributed by atoms with E-state index in [4.69, 9.17) is 5.73 Å². The van der Waals surface area contributed by atoms with Gasteiger partial charge in [-0.1, -0.05) is 50.3 Å². The Morgan fingerprint density at radius 3 is 2.53 bits per heavy atom. The summed E-state index contributed by atoms with van der Waals surface area (Å²) in [6.07, 6.45) is 0.802. The van der Waals surface area contributed by atoms with Crippen molar-refractivity contribution < 1.29 is 0 Å². The maximum atomic E-state index is 5.54. The van der Waals surface area contributed by atoms with Crippen LogP contribution in [0.25, 0.3) is 10.6 Å². The van der Waals surface area contributed by atoms with Crippen LogP contribution in [0.2, 0.25) is 0 Å². The van der Waals surface area contributed by atoms with Gasteiger partial charge in [0.15, 0.2) is 0 Å². The number of benzene rings is 1. The number of hydrogen-bond acceptors (Lipinski definition) is 4. The Bertz CT molecular complexity index is 567. The van der Waals surface area contributed by atoms with Crippen LogP contribution in [0, 0.1) is 6.92 Å². The summed E-state index contributed by atoms with van der Waals surface area (Å²) >= 11 is 1.64. The lowest BCUT2D eigenvalue weighted by atomic mass is 9.85. The van der Waals surface area contributed by atoms with Crippen LogP contribution < -0.4 is 5.73 Å². The smallest absolute Gasteiger partial charge is 0.148 e. The van der Waals surface area contributed by atoms with E-state index in [0.29, 0.717) is 6.54 Å². The van der Waals surface area contributed by atoms with Gasteiger partial charge >= 0.3 is 0 Å².